The van der Waals surface area contributed by atoms with Gasteiger partial charge in [-0.25, -0.2) is 4.98 Å². The van der Waals surface area contributed by atoms with E-state index < -0.39 is 0 Å². The lowest BCUT2D eigenvalue weighted by Gasteiger charge is -2.03. The smallest absolute Gasteiger partial charge is 0.256 e. The van der Waals surface area contributed by atoms with Crippen molar-refractivity contribution in [2.24, 2.45) is 0 Å². The fourth-order valence-electron chi connectivity index (χ4n) is 2.10. The molecule has 0 radical (unpaired) electrons. The first-order valence-electron chi connectivity index (χ1n) is 6.59. The Bertz CT molecular complexity index is 732. The normalized spacial score (nSPS) is 10.7. The van der Waals surface area contributed by atoms with Crippen molar-refractivity contribution in [1.82, 2.24) is 9.38 Å². The van der Waals surface area contributed by atoms with E-state index in [2.05, 4.69) is 16.6 Å². The predicted octanol–water partition coefficient (Wildman–Crippen LogP) is 3.45. The van der Waals surface area contributed by atoms with Gasteiger partial charge in [-0.3, -0.25) is 4.79 Å². The number of nitrogens with zero attached hydrogens (tertiary/aromatic N) is 2. The molecule has 0 unspecified atom stereocenters. The highest BCUT2D eigenvalue weighted by atomic mass is 32.2. The Labute approximate surface area is 127 Å². The van der Waals surface area contributed by atoms with Crippen molar-refractivity contribution < 1.29 is 4.79 Å². The molecule has 0 aliphatic rings. The number of imidazole rings is 1. The number of thioether (sulfide) groups is 1. The molecule has 21 heavy (non-hydrogen) atoms. The first kappa shape index (κ1) is 13.7. The number of hydrogen-bond acceptors (Lipinski definition) is 3. The zero-order valence-electron chi connectivity index (χ0n) is 11.6. The number of rotatable bonds is 4. The predicted molar refractivity (Wildman–Crippen MR) is 86.8 cm³/mol. The molecule has 0 aliphatic heterocycles. The van der Waals surface area contributed by atoms with Crippen LogP contribution in [0.5, 0.6) is 0 Å². The molecule has 3 aromatic rings. The zero-order valence-corrected chi connectivity index (χ0v) is 12.4. The van der Waals surface area contributed by atoms with E-state index in [4.69, 9.17) is 0 Å². The van der Waals surface area contributed by atoms with Gasteiger partial charge in [0, 0.05) is 17.5 Å². The molecular weight excluding hydrogens is 282 g/mol. The summed E-state index contributed by atoms with van der Waals surface area (Å²) in [5, 5.41) is 2.82. The fraction of sp³-hybridized carbons (Fsp3) is 0.125. The summed E-state index contributed by atoms with van der Waals surface area (Å²) in [5.74, 6) is 1.36. The third-order valence-electron chi connectivity index (χ3n) is 3.13. The largest absolute Gasteiger partial charge is 0.305 e. The highest BCUT2D eigenvalue weighted by molar-refractivity contribution is 7.97. The van der Waals surface area contributed by atoms with Crippen molar-refractivity contribution in [2.75, 3.05) is 11.6 Å². The molecule has 0 spiro atoms. The molecule has 0 saturated heterocycles. The van der Waals surface area contributed by atoms with E-state index in [0.717, 1.165) is 11.4 Å². The number of pyridine rings is 1. The van der Waals surface area contributed by atoms with Crippen LogP contribution in [0.3, 0.4) is 0 Å². The van der Waals surface area contributed by atoms with Gasteiger partial charge >= 0.3 is 0 Å². The lowest BCUT2D eigenvalue weighted by atomic mass is 10.1. The van der Waals surface area contributed by atoms with Gasteiger partial charge < -0.3 is 9.72 Å². The highest BCUT2D eigenvalue weighted by Gasteiger charge is 2.08. The van der Waals surface area contributed by atoms with Crippen LogP contribution < -0.4 is 5.32 Å². The Morgan fingerprint density at radius 1 is 1.24 bits per heavy atom. The number of anilines is 1. The van der Waals surface area contributed by atoms with Crippen LogP contribution in [-0.4, -0.2) is 21.5 Å². The van der Waals surface area contributed by atoms with E-state index in [1.807, 2.05) is 53.1 Å². The van der Waals surface area contributed by atoms with Crippen molar-refractivity contribution in [3.63, 3.8) is 0 Å². The van der Waals surface area contributed by atoms with Crippen LogP contribution in [-0.2, 0) is 5.75 Å². The van der Waals surface area contributed by atoms with E-state index in [0.29, 0.717) is 11.4 Å². The summed E-state index contributed by atoms with van der Waals surface area (Å²) in [6.07, 6.45) is 5.76. The lowest BCUT2D eigenvalue weighted by molar-refractivity contribution is 0.102. The first-order valence-corrected chi connectivity index (χ1v) is 7.98. The Hall–Kier alpha value is -2.27. The number of fused-ring (bicyclic) bond motifs is 1. The van der Waals surface area contributed by atoms with Gasteiger partial charge in [0.1, 0.15) is 5.65 Å². The van der Waals surface area contributed by atoms with Crippen molar-refractivity contribution in [1.29, 1.82) is 0 Å². The van der Waals surface area contributed by atoms with Crippen LogP contribution in [0.15, 0.2) is 54.9 Å². The maximum Gasteiger partial charge on any atom is 0.256 e. The minimum Gasteiger partial charge on any atom is -0.305 e. The molecule has 1 N–H and O–H groups in total. The standard InChI is InChI=1S/C16H15N3OS/c1-21-11-12-5-7-13(8-6-12)16(20)18-14-10-19-9-3-2-4-15(19)17-14/h2-10H,11H2,1H3,(H,18,20). The summed E-state index contributed by atoms with van der Waals surface area (Å²) in [6.45, 7) is 0. The van der Waals surface area contributed by atoms with Crippen LogP contribution in [0, 0.1) is 0 Å². The molecule has 2 heterocycles. The summed E-state index contributed by atoms with van der Waals surface area (Å²) in [6, 6.07) is 13.4. The SMILES string of the molecule is CSCc1ccc(C(=O)Nc2cn3ccccc3n2)cc1. The Morgan fingerprint density at radius 3 is 2.76 bits per heavy atom. The minimum absolute atomic E-state index is 0.144. The number of carbonyl (C=O) groups is 1. The molecule has 1 amide bonds. The molecule has 106 valence electrons. The molecule has 5 heteroatoms. The molecule has 0 atom stereocenters. The van der Waals surface area contributed by atoms with Crippen LogP contribution in [0.25, 0.3) is 5.65 Å². The molecule has 0 aliphatic carbocycles. The van der Waals surface area contributed by atoms with Crippen molar-refractivity contribution in [3.05, 3.63) is 66.0 Å². The van der Waals surface area contributed by atoms with E-state index in [9.17, 15) is 4.79 Å². The lowest BCUT2D eigenvalue weighted by Crippen LogP contribution is -2.12. The summed E-state index contributed by atoms with van der Waals surface area (Å²) in [7, 11) is 0. The van der Waals surface area contributed by atoms with Crippen LogP contribution in [0.4, 0.5) is 5.82 Å². The average molecular weight is 297 g/mol. The number of aromatic nitrogens is 2. The van der Waals surface area contributed by atoms with Gasteiger partial charge in [0.15, 0.2) is 5.82 Å². The number of hydrogen-bond donors (Lipinski definition) is 1. The highest BCUT2D eigenvalue weighted by Crippen LogP contribution is 2.13. The fourth-order valence-corrected chi connectivity index (χ4v) is 2.63. The van der Waals surface area contributed by atoms with Crippen molar-refractivity contribution in [2.45, 2.75) is 5.75 Å². The topological polar surface area (TPSA) is 46.4 Å². The van der Waals surface area contributed by atoms with Gasteiger partial charge in [0.2, 0.25) is 0 Å². The van der Waals surface area contributed by atoms with E-state index in [1.165, 1.54) is 5.56 Å². The molecule has 3 rings (SSSR count). The van der Waals surface area contributed by atoms with Crippen molar-refractivity contribution >= 4 is 29.1 Å². The zero-order chi connectivity index (χ0) is 14.7. The molecular formula is C16H15N3OS. The van der Waals surface area contributed by atoms with Crippen LogP contribution in [0.1, 0.15) is 15.9 Å². The maximum absolute atomic E-state index is 12.2. The Kier molecular flexibility index (Phi) is 3.92. The summed E-state index contributed by atoms with van der Waals surface area (Å²) in [4.78, 5) is 16.5. The number of carbonyl (C=O) groups excluding carboxylic acids is 1. The number of benzene rings is 1. The van der Waals surface area contributed by atoms with Crippen LogP contribution in [0.2, 0.25) is 0 Å². The van der Waals surface area contributed by atoms with Gasteiger partial charge in [0.25, 0.3) is 5.91 Å². The quantitative estimate of drug-likeness (QED) is 0.802. The van der Waals surface area contributed by atoms with E-state index in [1.54, 1.807) is 18.0 Å². The molecule has 0 bridgehead atoms. The number of nitrogens with one attached hydrogen (secondary N) is 1. The number of amides is 1. The monoisotopic (exact) mass is 297 g/mol. The molecule has 0 saturated carbocycles. The van der Waals surface area contributed by atoms with Crippen LogP contribution >= 0.6 is 11.8 Å². The second-order valence-electron chi connectivity index (χ2n) is 4.68. The average Bonchev–Trinajstić information content (AvgIpc) is 2.90. The van der Waals surface area contributed by atoms with Gasteiger partial charge in [-0.15, -0.1) is 0 Å². The van der Waals surface area contributed by atoms with Crippen molar-refractivity contribution in [3.8, 4) is 0 Å². The van der Waals surface area contributed by atoms with Gasteiger partial charge in [-0.05, 0) is 36.1 Å². The maximum atomic E-state index is 12.2. The Morgan fingerprint density at radius 2 is 2.05 bits per heavy atom. The Balaban J connectivity index is 1.76. The summed E-state index contributed by atoms with van der Waals surface area (Å²) >= 11 is 1.76. The van der Waals surface area contributed by atoms with E-state index in [-0.39, 0.29) is 5.91 Å². The second-order valence-corrected chi connectivity index (χ2v) is 5.54. The first-order chi connectivity index (χ1) is 10.3. The minimum atomic E-state index is -0.144. The second kappa shape index (κ2) is 6.01. The molecule has 2 aromatic heterocycles. The molecule has 4 nitrogen and oxygen atoms in total. The third-order valence-corrected chi connectivity index (χ3v) is 3.75. The molecule has 1 aromatic carbocycles. The van der Waals surface area contributed by atoms with E-state index >= 15 is 0 Å². The van der Waals surface area contributed by atoms with Gasteiger partial charge in [-0.1, -0.05) is 18.2 Å². The summed E-state index contributed by atoms with van der Waals surface area (Å²) < 4.78 is 1.87. The molecule has 0 fully saturated rings. The van der Waals surface area contributed by atoms with Gasteiger partial charge in [0.05, 0.1) is 6.20 Å². The van der Waals surface area contributed by atoms with Gasteiger partial charge in [-0.2, -0.15) is 11.8 Å². The third kappa shape index (κ3) is 3.08. The summed E-state index contributed by atoms with van der Waals surface area (Å²) in [5.41, 5.74) is 2.66.